The van der Waals surface area contributed by atoms with Gasteiger partial charge in [0.05, 0.1) is 22.9 Å². The van der Waals surface area contributed by atoms with Crippen molar-refractivity contribution in [3.63, 3.8) is 0 Å². The molecule has 0 bridgehead atoms. The maximum Gasteiger partial charge on any atom is 0.271 e. The van der Waals surface area contributed by atoms with Gasteiger partial charge in [0.25, 0.3) is 11.5 Å². The summed E-state index contributed by atoms with van der Waals surface area (Å²) in [5.74, 6) is 1.19. The van der Waals surface area contributed by atoms with Gasteiger partial charge in [0.15, 0.2) is 4.80 Å². The summed E-state index contributed by atoms with van der Waals surface area (Å²) in [5, 5.41) is 0. The highest BCUT2D eigenvalue weighted by Crippen LogP contribution is 2.36. The molecule has 0 aliphatic carbocycles. The second-order valence-electron chi connectivity index (χ2n) is 9.65. The summed E-state index contributed by atoms with van der Waals surface area (Å²) in [6, 6.07) is 24.5. The van der Waals surface area contributed by atoms with E-state index >= 15 is 0 Å². The number of ether oxygens (including phenoxy) is 2. The third-order valence-corrected chi connectivity index (χ3v) is 8.12. The van der Waals surface area contributed by atoms with Crippen LogP contribution in [0.2, 0.25) is 0 Å². The number of likely N-dealkylation sites (N-methyl/N-ethyl adjacent to an activating group) is 1. The second kappa shape index (κ2) is 12.4. The monoisotopic (exact) mass is 567 g/mol. The van der Waals surface area contributed by atoms with E-state index in [1.165, 1.54) is 11.3 Å². The maximum absolute atomic E-state index is 14.0. The van der Waals surface area contributed by atoms with Crippen molar-refractivity contribution in [2.24, 2.45) is 4.99 Å². The number of para-hydroxylation sites is 1. The molecule has 0 saturated carbocycles. The van der Waals surface area contributed by atoms with Gasteiger partial charge < -0.3 is 14.4 Å². The molecule has 1 aliphatic rings. The SMILES string of the molecule is CCN(CC)C(=O)C1=C(C)N=c2s/c(=C/c3cccc(OCc4ccccc4)c3)c(=O)n2[C@H]1c1ccccc1OC. The highest BCUT2D eigenvalue weighted by molar-refractivity contribution is 7.07. The largest absolute Gasteiger partial charge is 0.496 e. The smallest absolute Gasteiger partial charge is 0.271 e. The standard InChI is InChI=1S/C33H33N3O4S/c1-5-35(6-2)32(38)29-22(3)34-33-36(30(29)26-17-10-11-18-27(26)39-4)31(37)28(41-33)20-24-15-12-16-25(19-24)40-21-23-13-8-7-9-14-23/h7-20,30H,5-6,21H2,1-4H3/b28-20+/t30-/m0/s1. The molecule has 1 amide bonds. The van der Waals surface area contributed by atoms with E-state index in [1.807, 2.05) is 106 Å². The number of amides is 1. The molecular formula is C33H33N3O4S. The summed E-state index contributed by atoms with van der Waals surface area (Å²) in [6.07, 6.45) is 1.85. The molecule has 210 valence electrons. The van der Waals surface area contributed by atoms with Crippen molar-refractivity contribution in [2.75, 3.05) is 20.2 Å². The van der Waals surface area contributed by atoms with Gasteiger partial charge in [-0.25, -0.2) is 4.99 Å². The van der Waals surface area contributed by atoms with Gasteiger partial charge in [-0.2, -0.15) is 0 Å². The summed E-state index contributed by atoms with van der Waals surface area (Å²) in [6.45, 7) is 7.29. The van der Waals surface area contributed by atoms with Crippen LogP contribution in [-0.2, 0) is 11.4 Å². The number of benzene rings is 3. The lowest BCUT2D eigenvalue weighted by Gasteiger charge is -2.29. The Balaban J connectivity index is 1.60. The first-order valence-corrected chi connectivity index (χ1v) is 14.5. The lowest BCUT2D eigenvalue weighted by atomic mass is 9.94. The average molecular weight is 568 g/mol. The minimum Gasteiger partial charge on any atom is -0.496 e. The zero-order chi connectivity index (χ0) is 28.9. The van der Waals surface area contributed by atoms with Gasteiger partial charge in [-0.3, -0.25) is 14.2 Å². The summed E-state index contributed by atoms with van der Waals surface area (Å²) in [5.41, 5.74) is 3.52. The number of allylic oxidation sites excluding steroid dienone is 1. The molecule has 0 N–H and O–H groups in total. The highest BCUT2D eigenvalue weighted by atomic mass is 32.1. The Labute approximate surface area is 243 Å². The van der Waals surface area contributed by atoms with Gasteiger partial charge in [-0.05, 0) is 56.2 Å². The number of hydrogen-bond acceptors (Lipinski definition) is 6. The Morgan fingerprint density at radius 3 is 2.49 bits per heavy atom. The zero-order valence-electron chi connectivity index (χ0n) is 23.7. The molecule has 0 spiro atoms. The van der Waals surface area contributed by atoms with Crippen molar-refractivity contribution in [3.8, 4) is 11.5 Å². The number of thiazole rings is 1. The third-order valence-electron chi connectivity index (χ3n) is 7.14. The van der Waals surface area contributed by atoms with Crippen LogP contribution in [0.1, 0.15) is 43.5 Å². The molecule has 1 atom stereocenters. The van der Waals surface area contributed by atoms with E-state index < -0.39 is 6.04 Å². The number of rotatable bonds is 9. The van der Waals surface area contributed by atoms with Gasteiger partial charge in [-0.1, -0.05) is 72.0 Å². The van der Waals surface area contributed by atoms with E-state index in [4.69, 9.17) is 14.5 Å². The van der Waals surface area contributed by atoms with E-state index in [0.29, 0.717) is 51.8 Å². The van der Waals surface area contributed by atoms with Crippen molar-refractivity contribution < 1.29 is 14.3 Å². The highest BCUT2D eigenvalue weighted by Gasteiger charge is 2.35. The fraction of sp³-hybridized carbons (Fsp3) is 0.242. The number of carbonyl (C=O) groups excluding carboxylic acids is 1. The fourth-order valence-electron chi connectivity index (χ4n) is 5.05. The van der Waals surface area contributed by atoms with Crippen molar-refractivity contribution >= 4 is 23.3 Å². The minimum atomic E-state index is -0.668. The Kier molecular flexibility index (Phi) is 8.50. The molecule has 2 heterocycles. The van der Waals surface area contributed by atoms with E-state index in [-0.39, 0.29) is 11.5 Å². The van der Waals surface area contributed by atoms with Gasteiger partial charge in [0.1, 0.15) is 24.1 Å². The van der Waals surface area contributed by atoms with Crippen molar-refractivity contribution in [1.82, 2.24) is 9.47 Å². The first-order valence-electron chi connectivity index (χ1n) is 13.7. The molecule has 1 aromatic heterocycles. The predicted octanol–water partition coefficient (Wildman–Crippen LogP) is 4.69. The van der Waals surface area contributed by atoms with E-state index in [2.05, 4.69) is 0 Å². The number of hydrogen-bond donors (Lipinski definition) is 0. The van der Waals surface area contributed by atoms with E-state index in [0.717, 1.165) is 16.7 Å². The summed E-state index contributed by atoms with van der Waals surface area (Å²) in [7, 11) is 1.60. The van der Waals surface area contributed by atoms with Crippen LogP contribution in [0.4, 0.5) is 0 Å². The second-order valence-corrected chi connectivity index (χ2v) is 10.7. The third kappa shape index (κ3) is 5.74. The molecule has 0 saturated heterocycles. The molecule has 8 heteroatoms. The van der Waals surface area contributed by atoms with E-state index in [9.17, 15) is 9.59 Å². The Morgan fingerprint density at radius 2 is 1.76 bits per heavy atom. The van der Waals surface area contributed by atoms with Gasteiger partial charge in [-0.15, -0.1) is 0 Å². The van der Waals surface area contributed by atoms with Crippen molar-refractivity contribution in [1.29, 1.82) is 0 Å². The topological polar surface area (TPSA) is 73.1 Å². The molecule has 5 rings (SSSR count). The first kappa shape index (κ1) is 28.1. The van der Waals surface area contributed by atoms with Crippen LogP contribution in [-0.4, -0.2) is 35.6 Å². The van der Waals surface area contributed by atoms with Crippen LogP contribution in [0, 0.1) is 0 Å². The molecule has 3 aromatic carbocycles. The fourth-order valence-corrected chi connectivity index (χ4v) is 6.10. The number of methoxy groups -OCH3 is 1. The lowest BCUT2D eigenvalue weighted by molar-refractivity contribution is -0.127. The molecule has 0 unspecified atom stereocenters. The normalized spacial score (nSPS) is 14.8. The molecule has 0 radical (unpaired) electrons. The molecule has 4 aromatic rings. The predicted molar refractivity (Wildman–Crippen MR) is 162 cm³/mol. The van der Waals surface area contributed by atoms with Crippen molar-refractivity contribution in [2.45, 2.75) is 33.4 Å². The molecule has 7 nitrogen and oxygen atoms in total. The molecule has 41 heavy (non-hydrogen) atoms. The summed E-state index contributed by atoms with van der Waals surface area (Å²) < 4.78 is 13.8. The first-order chi connectivity index (χ1) is 19.9. The Bertz CT molecular complexity index is 1770. The van der Waals surface area contributed by atoms with Gasteiger partial charge >= 0.3 is 0 Å². The molecular weight excluding hydrogens is 534 g/mol. The number of fused-ring (bicyclic) bond motifs is 1. The van der Waals surface area contributed by atoms with Crippen LogP contribution < -0.4 is 24.4 Å². The zero-order valence-corrected chi connectivity index (χ0v) is 24.5. The van der Waals surface area contributed by atoms with E-state index in [1.54, 1.807) is 16.6 Å². The quantitative estimate of drug-likeness (QED) is 0.294. The Morgan fingerprint density at radius 1 is 1.02 bits per heavy atom. The Hall–Kier alpha value is -4.43. The average Bonchev–Trinajstić information content (AvgIpc) is 3.30. The van der Waals surface area contributed by atoms with Crippen LogP contribution in [0.15, 0.2) is 99.9 Å². The maximum atomic E-state index is 14.0. The molecule has 1 aliphatic heterocycles. The van der Waals surface area contributed by atoms with Crippen LogP contribution >= 0.6 is 11.3 Å². The van der Waals surface area contributed by atoms with Crippen LogP contribution in [0.3, 0.4) is 0 Å². The number of aromatic nitrogens is 1. The van der Waals surface area contributed by atoms with Crippen LogP contribution in [0.5, 0.6) is 11.5 Å². The number of nitrogens with zero attached hydrogens (tertiary/aromatic N) is 3. The van der Waals surface area contributed by atoms with Crippen LogP contribution in [0.25, 0.3) is 6.08 Å². The number of carbonyl (C=O) groups is 1. The summed E-state index contributed by atoms with van der Waals surface area (Å²) >= 11 is 1.31. The van der Waals surface area contributed by atoms with Crippen molar-refractivity contribution in [3.05, 3.63) is 127 Å². The minimum absolute atomic E-state index is 0.135. The lowest BCUT2D eigenvalue weighted by Crippen LogP contribution is -2.43. The summed E-state index contributed by atoms with van der Waals surface area (Å²) in [4.78, 5) is 34.9. The van der Waals surface area contributed by atoms with Gasteiger partial charge in [0.2, 0.25) is 0 Å². The molecule has 0 fully saturated rings. The van der Waals surface area contributed by atoms with Gasteiger partial charge in [0, 0.05) is 18.7 Å².